The van der Waals surface area contributed by atoms with Gasteiger partial charge in [-0.3, -0.25) is 15.5 Å². The number of guanidine groups is 1. The molecule has 0 aliphatic rings. The number of hydrogen-bond acceptors (Lipinski definition) is 2. The Balaban J connectivity index is 2.63. The normalized spacial score (nSPS) is 10.3. The van der Waals surface area contributed by atoms with Gasteiger partial charge in [0.1, 0.15) is 0 Å². The molecule has 1 aromatic rings. The topological polar surface area (TPSA) is 65.0 Å². The van der Waals surface area contributed by atoms with Crippen LogP contribution in [0.1, 0.15) is 30.5 Å². The number of rotatable bonds is 3. The fourth-order valence-corrected chi connectivity index (χ4v) is 1.80. The lowest BCUT2D eigenvalue weighted by Gasteiger charge is -2.13. The SMILES string of the molecule is Cc1cccc(C)c1CC(=O)NC(=N)NC(C)C. The molecule has 0 saturated heterocycles. The molecular weight excluding hydrogens is 226 g/mol. The third kappa shape index (κ3) is 4.20. The molecule has 0 bridgehead atoms. The standard InChI is InChI=1S/C14H21N3O/c1-9(2)16-14(15)17-13(18)8-12-10(3)6-5-7-11(12)4/h5-7,9H,8H2,1-4H3,(H3,15,16,17,18). The Labute approximate surface area is 108 Å². The molecule has 0 spiro atoms. The minimum atomic E-state index is -0.162. The van der Waals surface area contributed by atoms with Crippen molar-refractivity contribution in [3.8, 4) is 0 Å². The van der Waals surface area contributed by atoms with Crippen LogP contribution >= 0.6 is 0 Å². The maximum Gasteiger partial charge on any atom is 0.231 e. The lowest BCUT2D eigenvalue weighted by atomic mass is 10.00. The molecule has 98 valence electrons. The summed E-state index contributed by atoms with van der Waals surface area (Å²) >= 11 is 0. The molecule has 4 nitrogen and oxygen atoms in total. The Hall–Kier alpha value is -1.84. The van der Waals surface area contributed by atoms with E-state index in [0.717, 1.165) is 16.7 Å². The molecule has 0 saturated carbocycles. The first-order valence-electron chi connectivity index (χ1n) is 6.10. The molecule has 0 radical (unpaired) electrons. The van der Waals surface area contributed by atoms with Gasteiger partial charge in [-0.05, 0) is 44.4 Å². The molecular formula is C14H21N3O. The Morgan fingerprint density at radius 2 is 1.83 bits per heavy atom. The molecule has 1 rings (SSSR count). The van der Waals surface area contributed by atoms with Crippen LogP contribution in [-0.4, -0.2) is 17.9 Å². The van der Waals surface area contributed by atoms with E-state index in [1.807, 2.05) is 45.9 Å². The predicted molar refractivity (Wildman–Crippen MR) is 73.8 cm³/mol. The summed E-state index contributed by atoms with van der Waals surface area (Å²) in [6.07, 6.45) is 0.306. The molecule has 3 N–H and O–H groups in total. The van der Waals surface area contributed by atoms with Crippen molar-refractivity contribution in [1.29, 1.82) is 5.41 Å². The van der Waals surface area contributed by atoms with Gasteiger partial charge in [0.15, 0.2) is 5.96 Å². The van der Waals surface area contributed by atoms with Crippen molar-refractivity contribution in [3.05, 3.63) is 34.9 Å². The number of carbonyl (C=O) groups excluding carboxylic acids is 1. The van der Waals surface area contributed by atoms with E-state index in [-0.39, 0.29) is 17.9 Å². The summed E-state index contributed by atoms with van der Waals surface area (Å²) in [5.41, 5.74) is 3.24. The number of benzene rings is 1. The van der Waals surface area contributed by atoms with Crippen molar-refractivity contribution in [1.82, 2.24) is 10.6 Å². The van der Waals surface area contributed by atoms with Crippen LogP contribution in [0.5, 0.6) is 0 Å². The van der Waals surface area contributed by atoms with Crippen LogP contribution in [0.4, 0.5) is 0 Å². The first-order chi connectivity index (χ1) is 8.40. The maximum atomic E-state index is 11.8. The average Bonchev–Trinajstić information content (AvgIpc) is 2.22. The monoisotopic (exact) mass is 247 g/mol. The molecule has 1 amide bonds. The average molecular weight is 247 g/mol. The van der Waals surface area contributed by atoms with Gasteiger partial charge in [-0.1, -0.05) is 18.2 Å². The van der Waals surface area contributed by atoms with Gasteiger partial charge >= 0.3 is 0 Å². The fourth-order valence-electron chi connectivity index (χ4n) is 1.80. The smallest absolute Gasteiger partial charge is 0.231 e. The lowest BCUT2D eigenvalue weighted by Crippen LogP contribution is -2.43. The molecule has 0 aliphatic carbocycles. The molecule has 0 atom stereocenters. The summed E-state index contributed by atoms with van der Waals surface area (Å²) in [6, 6.07) is 6.10. The van der Waals surface area contributed by atoms with Gasteiger partial charge in [0.2, 0.25) is 5.91 Å². The van der Waals surface area contributed by atoms with Crippen LogP contribution in [-0.2, 0) is 11.2 Å². The third-order valence-corrected chi connectivity index (χ3v) is 2.68. The summed E-state index contributed by atoms with van der Waals surface area (Å²) in [4.78, 5) is 11.8. The number of hydrogen-bond donors (Lipinski definition) is 3. The van der Waals surface area contributed by atoms with Crippen LogP contribution < -0.4 is 10.6 Å². The van der Waals surface area contributed by atoms with Crippen molar-refractivity contribution < 1.29 is 4.79 Å². The first-order valence-corrected chi connectivity index (χ1v) is 6.10. The van der Waals surface area contributed by atoms with Crippen LogP contribution in [0.15, 0.2) is 18.2 Å². The highest BCUT2D eigenvalue weighted by atomic mass is 16.1. The summed E-state index contributed by atoms with van der Waals surface area (Å²) < 4.78 is 0. The molecule has 0 aliphatic heterocycles. The molecule has 0 heterocycles. The predicted octanol–water partition coefficient (Wildman–Crippen LogP) is 1.89. The number of carbonyl (C=O) groups is 1. The molecule has 0 unspecified atom stereocenters. The largest absolute Gasteiger partial charge is 0.354 e. The number of nitrogens with one attached hydrogen (secondary N) is 3. The quantitative estimate of drug-likeness (QED) is 0.564. The Kier molecular flexibility index (Phi) is 4.89. The maximum absolute atomic E-state index is 11.8. The highest BCUT2D eigenvalue weighted by molar-refractivity contribution is 5.96. The van der Waals surface area contributed by atoms with Crippen LogP contribution in [0.2, 0.25) is 0 Å². The Morgan fingerprint density at radius 1 is 1.28 bits per heavy atom. The third-order valence-electron chi connectivity index (χ3n) is 2.68. The van der Waals surface area contributed by atoms with Crippen LogP contribution in [0, 0.1) is 19.3 Å². The van der Waals surface area contributed by atoms with E-state index in [4.69, 9.17) is 5.41 Å². The van der Waals surface area contributed by atoms with E-state index in [2.05, 4.69) is 10.6 Å². The van der Waals surface area contributed by atoms with Crippen molar-refractivity contribution in [2.45, 2.75) is 40.2 Å². The summed E-state index contributed by atoms with van der Waals surface area (Å²) in [5.74, 6) is -0.105. The zero-order valence-electron chi connectivity index (χ0n) is 11.4. The minimum absolute atomic E-state index is 0.0567. The zero-order chi connectivity index (χ0) is 13.7. The zero-order valence-corrected chi connectivity index (χ0v) is 11.4. The summed E-state index contributed by atoms with van der Waals surface area (Å²) in [6.45, 7) is 7.83. The number of amides is 1. The van der Waals surface area contributed by atoms with Crippen molar-refractivity contribution in [3.63, 3.8) is 0 Å². The van der Waals surface area contributed by atoms with Crippen LogP contribution in [0.3, 0.4) is 0 Å². The Morgan fingerprint density at radius 3 is 2.33 bits per heavy atom. The lowest BCUT2D eigenvalue weighted by molar-refractivity contribution is -0.119. The number of aryl methyl sites for hydroxylation is 2. The van der Waals surface area contributed by atoms with Gasteiger partial charge in [-0.15, -0.1) is 0 Å². The Bertz CT molecular complexity index is 432. The van der Waals surface area contributed by atoms with Crippen molar-refractivity contribution in [2.75, 3.05) is 0 Å². The second-order valence-electron chi connectivity index (χ2n) is 4.77. The van der Waals surface area contributed by atoms with E-state index in [1.165, 1.54) is 0 Å². The first kappa shape index (κ1) is 14.2. The van der Waals surface area contributed by atoms with E-state index in [0.29, 0.717) is 6.42 Å². The summed E-state index contributed by atoms with van der Waals surface area (Å²) in [5, 5.41) is 13.0. The molecule has 18 heavy (non-hydrogen) atoms. The van der Waals surface area contributed by atoms with Gasteiger partial charge < -0.3 is 5.32 Å². The van der Waals surface area contributed by atoms with E-state index >= 15 is 0 Å². The molecule has 0 fully saturated rings. The molecule has 4 heteroatoms. The fraction of sp³-hybridized carbons (Fsp3) is 0.429. The van der Waals surface area contributed by atoms with Gasteiger partial charge in [0.05, 0.1) is 6.42 Å². The van der Waals surface area contributed by atoms with Crippen molar-refractivity contribution in [2.24, 2.45) is 0 Å². The minimum Gasteiger partial charge on any atom is -0.354 e. The molecule has 0 aromatic heterocycles. The highest BCUT2D eigenvalue weighted by Crippen LogP contribution is 2.13. The van der Waals surface area contributed by atoms with E-state index in [1.54, 1.807) is 0 Å². The van der Waals surface area contributed by atoms with Gasteiger partial charge in [-0.2, -0.15) is 0 Å². The van der Waals surface area contributed by atoms with Gasteiger partial charge in [-0.25, -0.2) is 0 Å². The van der Waals surface area contributed by atoms with Crippen LogP contribution in [0.25, 0.3) is 0 Å². The van der Waals surface area contributed by atoms with E-state index in [9.17, 15) is 4.79 Å². The van der Waals surface area contributed by atoms with Crippen molar-refractivity contribution >= 4 is 11.9 Å². The second-order valence-corrected chi connectivity index (χ2v) is 4.77. The van der Waals surface area contributed by atoms with Gasteiger partial charge in [0, 0.05) is 6.04 Å². The molecule has 1 aromatic carbocycles. The second kappa shape index (κ2) is 6.19. The van der Waals surface area contributed by atoms with E-state index < -0.39 is 0 Å². The van der Waals surface area contributed by atoms with Gasteiger partial charge in [0.25, 0.3) is 0 Å². The summed E-state index contributed by atoms with van der Waals surface area (Å²) in [7, 11) is 0. The highest BCUT2D eigenvalue weighted by Gasteiger charge is 2.10.